The normalized spacial score (nSPS) is 20.7. The first-order valence-electron chi connectivity index (χ1n) is 11.1. The molecule has 0 bridgehead atoms. The highest BCUT2D eigenvalue weighted by Crippen LogP contribution is 2.35. The van der Waals surface area contributed by atoms with E-state index < -0.39 is 0 Å². The van der Waals surface area contributed by atoms with Gasteiger partial charge in [0.15, 0.2) is 5.96 Å². The van der Waals surface area contributed by atoms with Gasteiger partial charge in [-0.25, -0.2) is 0 Å². The van der Waals surface area contributed by atoms with Gasteiger partial charge in [0.25, 0.3) is 0 Å². The van der Waals surface area contributed by atoms with Gasteiger partial charge in [0.2, 0.25) is 0 Å². The van der Waals surface area contributed by atoms with Gasteiger partial charge in [0.1, 0.15) is 0 Å². The molecule has 2 saturated heterocycles. The maximum absolute atomic E-state index is 6.31. The van der Waals surface area contributed by atoms with E-state index >= 15 is 0 Å². The average molecular weight is 437 g/mol. The van der Waals surface area contributed by atoms with Crippen LogP contribution in [-0.4, -0.2) is 75.5 Å². The number of rotatable bonds is 7. The van der Waals surface area contributed by atoms with Gasteiger partial charge < -0.3 is 20.1 Å². The fraction of sp³-hybridized carbons (Fsp3) is 0.696. The van der Waals surface area contributed by atoms with Gasteiger partial charge in [-0.15, -0.1) is 0 Å². The molecule has 1 aromatic carbocycles. The van der Waals surface area contributed by atoms with Crippen LogP contribution in [0.15, 0.2) is 29.3 Å². The molecule has 3 rings (SSSR count). The van der Waals surface area contributed by atoms with Gasteiger partial charge in [-0.2, -0.15) is 0 Å². The first-order chi connectivity index (χ1) is 14.5. The smallest absolute Gasteiger partial charge is 0.191 e. The molecular formula is C23H37ClN4O2. The van der Waals surface area contributed by atoms with E-state index in [2.05, 4.69) is 48.4 Å². The van der Waals surface area contributed by atoms with Crippen LogP contribution in [-0.2, 0) is 14.9 Å². The van der Waals surface area contributed by atoms with Crippen LogP contribution in [0.5, 0.6) is 0 Å². The van der Waals surface area contributed by atoms with Crippen molar-refractivity contribution in [1.29, 1.82) is 0 Å². The summed E-state index contributed by atoms with van der Waals surface area (Å²) in [4.78, 5) is 7.41. The Labute approximate surface area is 186 Å². The minimum absolute atomic E-state index is 0.000925. The molecule has 0 spiro atoms. The van der Waals surface area contributed by atoms with Crippen LogP contribution < -0.4 is 10.6 Å². The van der Waals surface area contributed by atoms with Gasteiger partial charge in [-0.3, -0.25) is 9.89 Å². The van der Waals surface area contributed by atoms with Crippen molar-refractivity contribution in [2.45, 2.75) is 44.6 Å². The van der Waals surface area contributed by atoms with E-state index in [1.807, 2.05) is 12.1 Å². The zero-order valence-corrected chi connectivity index (χ0v) is 19.4. The van der Waals surface area contributed by atoms with E-state index in [1.165, 1.54) is 5.56 Å². The Balaban J connectivity index is 1.70. The summed E-state index contributed by atoms with van der Waals surface area (Å²) in [6.07, 6.45) is 1.94. The van der Waals surface area contributed by atoms with Crippen LogP contribution in [0.25, 0.3) is 0 Å². The number of aliphatic imine (C=N–C) groups is 1. The molecule has 2 N–H and O–H groups in total. The van der Waals surface area contributed by atoms with E-state index in [1.54, 1.807) is 0 Å². The van der Waals surface area contributed by atoms with Gasteiger partial charge in [0.05, 0.1) is 19.8 Å². The highest BCUT2D eigenvalue weighted by Gasteiger charge is 2.35. The van der Waals surface area contributed by atoms with Crippen molar-refractivity contribution in [3.8, 4) is 0 Å². The Morgan fingerprint density at radius 1 is 1.13 bits per heavy atom. The number of nitrogens with one attached hydrogen (secondary N) is 2. The molecule has 0 aliphatic carbocycles. The van der Waals surface area contributed by atoms with E-state index in [9.17, 15) is 0 Å². The highest BCUT2D eigenvalue weighted by atomic mass is 35.5. The topological polar surface area (TPSA) is 58.1 Å². The molecule has 0 atom stereocenters. The predicted molar refractivity (Wildman–Crippen MR) is 124 cm³/mol. The first-order valence-corrected chi connectivity index (χ1v) is 11.5. The molecule has 168 valence electrons. The summed E-state index contributed by atoms with van der Waals surface area (Å²) < 4.78 is 11.2. The van der Waals surface area contributed by atoms with Crippen molar-refractivity contribution >= 4 is 17.6 Å². The molecule has 0 radical (unpaired) electrons. The van der Waals surface area contributed by atoms with E-state index in [-0.39, 0.29) is 11.0 Å². The third-order valence-corrected chi connectivity index (χ3v) is 6.55. The Kier molecular flexibility index (Phi) is 8.40. The highest BCUT2D eigenvalue weighted by molar-refractivity contribution is 6.30. The Morgan fingerprint density at radius 2 is 1.83 bits per heavy atom. The Morgan fingerprint density at radius 3 is 2.50 bits per heavy atom. The molecule has 0 saturated carbocycles. The number of hydrogen-bond donors (Lipinski definition) is 2. The second kappa shape index (κ2) is 10.8. The minimum Gasteiger partial charge on any atom is -0.381 e. The molecule has 0 aromatic heterocycles. The minimum atomic E-state index is -0.00451. The quantitative estimate of drug-likeness (QED) is 0.508. The van der Waals surface area contributed by atoms with Crippen molar-refractivity contribution in [3.05, 3.63) is 34.9 Å². The molecule has 2 aliphatic rings. The standard InChI is InChI=1S/C23H37ClN4O2/c1-4-25-21(26-17-22(2,3)28-10-14-30-15-11-28)27-18-23(8-12-29-13-9-23)19-6-5-7-20(24)16-19/h5-7,16H,4,8-15,17-18H2,1-3H3,(H2,25,26,27). The lowest BCUT2D eigenvalue weighted by atomic mass is 9.74. The Hall–Kier alpha value is -1.34. The maximum atomic E-state index is 6.31. The van der Waals surface area contributed by atoms with Gasteiger partial charge in [-0.05, 0) is 51.3 Å². The molecule has 0 amide bonds. The molecule has 2 aliphatic heterocycles. The lowest BCUT2D eigenvalue weighted by Crippen LogP contribution is -2.52. The number of benzene rings is 1. The summed E-state index contributed by atoms with van der Waals surface area (Å²) in [6.45, 7) is 14.1. The number of ether oxygens (including phenoxy) is 2. The van der Waals surface area contributed by atoms with E-state index in [0.717, 1.165) is 83.0 Å². The van der Waals surface area contributed by atoms with Crippen LogP contribution in [0, 0.1) is 0 Å². The lowest BCUT2D eigenvalue weighted by molar-refractivity contribution is -0.00684. The number of hydrogen-bond acceptors (Lipinski definition) is 4. The van der Waals surface area contributed by atoms with Crippen molar-refractivity contribution in [2.24, 2.45) is 4.99 Å². The summed E-state index contributed by atoms with van der Waals surface area (Å²) in [5.74, 6) is 0.867. The van der Waals surface area contributed by atoms with Gasteiger partial charge in [-0.1, -0.05) is 23.7 Å². The van der Waals surface area contributed by atoms with Crippen LogP contribution in [0.3, 0.4) is 0 Å². The number of morpholine rings is 1. The molecule has 30 heavy (non-hydrogen) atoms. The maximum Gasteiger partial charge on any atom is 0.191 e. The fourth-order valence-electron chi connectivity index (χ4n) is 4.28. The molecule has 2 fully saturated rings. The number of halogens is 1. The Bertz CT molecular complexity index is 698. The zero-order valence-electron chi connectivity index (χ0n) is 18.7. The predicted octanol–water partition coefficient (Wildman–Crippen LogP) is 3.05. The molecule has 7 heteroatoms. The van der Waals surface area contributed by atoms with E-state index in [0.29, 0.717) is 0 Å². The van der Waals surface area contributed by atoms with Gasteiger partial charge >= 0.3 is 0 Å². The van der Waals surface area contributed by atoms with Crippen molar-refractivity contribution < 1.29 is 9.47 Å². The van der Waals surface area contributed by atoms with Crippen LogP contribution in [0.2, 0.25) is 5.02 Å². The second-order valence-corrected chi connectivity index (χ2v) is 9.30. The number of guanidine groups is 1. The van der Waals surface area contributed by atoms with Gasteiger partial charge in [0, 0.05) is 55.4 Å². The summed E-state index contributed by atoms with van der Waals surface area (Å²) in [7, 11) is 0. The average Bonchev–Trinajstić information content (AvgIpc) is 2.77. The molecular weight excluding hydrogens is 400 g/mol. The van der Waals surface area contributed by atoms with Crippen molar-refractivity contribution in [3.63, 3.8) is 0 Å². The fourth-order valence-corrected chi connectivity index (χ4v) is 4.47. The number of nitrogens with zero attached hydrogens (tertiary/aromatic N) is 2. The molecule has 0 unspecified atom stereocenters. The third kappa shape index (κ3) is 6.10. The SMILES string of the molecule is CCNC(=NCC(C)(C)N1CCOCC1)NCC1(c2cccc(Cl)c2)CCOCC1. The van der Waals surface area contributed by atoms with Crippen LogP contribution >= 0.6 is 11.6 Å². The van der Waals surface area contributed by atoms with Crippen LogP contribution in [0.4, 0.5) is 0 Å². The van der Waals surface area contributed by atoms with E-state index in [4.69, 9.17) is 26.1 Å². The first kappa shape index (κ1) is 23.3. The lowest BCUT2D eigenvalue weighted by Gasteiger charge is -2.40. The summed E-state index contributed by atoms with van der Waals surface area (Å²) in [5.41, 5.74) is 1.27. The zero-order chi connectivity index (χ0) is 21.5. The summed E-state index contributed by atoms with van der Waals surface area (Å²) in [5, 5.41) is 7.82. The molecule has 6 nitrogen and oxygen atoms in total. The summed E-state index contributed by atoms with van der Waals surface area (Å²) in [6, 6.07) is 8.26. The molecule has 2 heterocycles. The second-order valence-electron chi connectivity index (χ2n) is 8.86. The van der Waals surface area contributed by atoms with Crippen molar-refractivity contribution in [2.75, 3.05) is 59.2 Å². The molecule has 1 aromatic rings. The van der Waals surface area contributed by atoms with Crippen molar-refractivity contribution in [1.82, 2.24) is 15.5 Å². The summed E-state index contributed by atoms with van der Waals surface area (Å²) >= 11 is 6.31. The van der Waals surface area contributed by atoms with Crippen LogP contribution in [0.1, 0.15) is 39.2 Å². The largest absolute Gasteiger partial charge is 0.381 e. The third-order valence-electron chi connectivity index (χ3n) is 6.32. The monoisotopic (exact) mass is 436 g/mol.